The average molecular weight is 424 g/mol. The number of alkyl halides is 1. The van der Waals surface area contributed by atoms with Crippen LogP contribution in [0.4, 0.5) is 19.3 Å². The maximum absolute atomic E-state index is 15.8. The molecule has 2 aromatic rings. The number of carbonyl (C=O) groups is 1. The number of nitrogens with one attached hydrogen (secondary N) is 1. The zero-order valence-corrected chi connectivity index (χ0v) is 16.9. The van der Waals surface area contributed by atoms with E-state index in [1.54, 1.807) is 13.0 Å². The summed E-state index contributed by atoms with van der Waals surface area (Å²) in [5, 5.41) is 7.37. The summed E-state index contributed by atoms with van der Waals surface area (Å²) in [6, 6.07) is 3.98. The van der Waals surface area contributed by atoms with Crippen LogP contribution in [0.2, 0.25) is 0 Å². The highest BCUT2D eigenvalue weighted by atomic mass is 32.2. The van der Waals surface area contributed by atoms with Gasteiger partial charge in [0.05, 0.1) is 28.5 Å². The number of piperidine rings is 1. The second-order valence-corrected chi connectivity index (χ2v) is 9.44. The summed E-state index contributed by atoms with van der Waals surface area (Å²) in [6.07, 6.45) is 2.71. The Kier molecular flexibility index (Phi) is 5.83. The Morgan fingerprint density at radius 2 is 2.07 bits per heavy atom. The molecule has 0 spiro atoms. The van der Waals surface area contributed by atoms with Crippen molar-refractivity contribution in [2.75, 3.05) is 11.9 Å². The van der Waals surface area contributed by atoms with Gasteiger partial charge >= 0.3 is 6.03 Å². The molecule has 1 saturated heterocycles. The third-order valence-electron chi connectivity index (χ3n) is 5.02. The molecule has 0 saturated carbocycles. The van der Waals surface area contributed by atoms with E-state index in [2.05, 4.69) is 15.5 Å². The normalized spacial score (nSPS) is 19.4. The van der Waals surface area contributed by atoms with Gasteiger partial charge in [-0.25, -0.2) is 22.0 Å². The van der Waals surface area contributed by atoms with Gasteiger partial charge in [0.2, 0.25) is 14.8 Å². The van der Waals surface area contributed by atoms with Gasteiger partial charge < -0.3 is 10.2 Å². The third-order valence-corrected chi connectivity index (χ3v) is 7.22. The van der Waals surface area contributed by atoms with Gasteiger partial charge in [-0.1, -0.05) is 6.07 Å². The highest BCUT2D eigenvalue weighted by molar-refractivity contribution is 7.92. The van der Waals surface area contributed by atoms with E-state index in [0.29, 0.717) is 24.2 Å². The molecule has 0 aliphatic carbocycles. The number of halogens is 2. The maximum Gasteiger partial charge on any atom is 0.322 e. The monoisotopic (exact) mass is 424 g/mol. The number of benzene rings is 1. The molecule has 2 heterocycles. The number of rotatable bonds is 4. The lowest BCUT2D eigenvalue weighted by Gasteiger charge is -2.41. The Morgan fingerprint density at radius 3 is 2.76 bits per heavy atom. The van der Waals surface area contributed by atoms with E-state index < -0.39 is 37.6 Å². The highest BCUT2D eigenvalue weighted by Gasteiger charge is 2.51. The molecular formula is C19H22F2N4O3S. The smallest absolute Gasteiger partial charge is 0.317 e. The summed E-state index contributed by atoms with van der Waals surface area (Å²) >= 11 is 0. The number of anilines is 1. The fourth-order valence-corrected chi connectivity index (χ4v) is 5.08. The predicted molar refractivity (Wildman–Crippen MR) is 103 cm³/mol. The lowest BCUT2D eigenvalue weighted by atomic mass is 9.99. The van der Waals surface area contributed by atoms with Crippen molar-refractivity contribution in [3.8, 4) is 0 Å². The summed E-state index contributed by atoms with van der Waals surface area (Å²) in [5.74, 6) is -0.777. The molecule has 1 aliphatic heterocycles. The van der Waals surface area contributed by atoms with Crippen LogP contribution in [0.25, 0.3) is 0 Å². The fourth-order valence-electron chi connectivity index (χ4n) is 3.49. The fraction of sp³-hybridized carbons (Fsp3) is 0.421. The van der Waals surface area contributed by atoms with E-state index in [1.807, 2.05) is 0 Å². The SMILES string of the molecule is Cc1cc(NC(=O)N2CCCCC2C(C)(F)S(=O)(=O)c2cccc(F)c2)cnn1. The molecule has 7 nitrogen and oxygen atoms in total. The number of aryl methyl sites for hydroxylation is 1. The lowest BCUT2D eigenvalue weighted by Crippen LogP contribution is -2.57. The second kappa shape index (κ2) is 8.02. The van der Waals surface area contributed by atoms with Crippen LogP contribution in [0.1, 0.15) is 31.9 Å². The molecule has 1 aromatic carbocycles. The largest absolute Gasteiger partial charge is 0.322 e. The van der Waals surface area contributed by atoms with E-state index >= 15 is 4.39 Å². The van der Waals surface area contributed by atoms with Crippen molar-refractivity contribution in [1.82, 2.24) is 15.1 Å². The van der Waals surface area contributed by atoms with Crippen LogP contribution >= 0.6 is 0 Å². The summed E-state index contributed by atoms with van der Waals surface area (Å²) in [6.45, 7) is 2.84. The molecule has 0 bridgehead atoms. The molecular weight excluding hydrogens is 402 g/mol. The van der Waals surface area contributed by atoms with E-state index in [0.717, 1.165) is 25.1 Å². The molecule has 1 N–H and O–H groups in total. The minimum atomic E-state index is -4.56. The Bertz CT molecular complexity index is 1010. The number of nitrogens with zero attached hydrogens (tertiary/aromatic N) is 3. The maximum atomic E-state index is 15.8. The van der Waals surface area contributed by atoms with Crippen LogP contribution in [0.3, 0.4) is 0 Å². The molecule has 1 aliphatic rings. The topological polar surface area (TPSA) is 92.3 Å². The summed E-state index contributed by atoms with van der Waals surface area (Å²) in [4.78, 5) is 13.5. The lowest BCUT2D eigenvalue weighted by molar-refractivity contribution is 0.0884. The van der Waals surface area contributed by atoms with Crippen molar-refractivity contribution in [2.45, 2.75) is 49.0 Å². The Morgan fingerprint density at radius 1 is 1.31 bits per heavy atom. The van der Waals surface area contributed by atoms with Crippen LogP contribution in [0.5, 0.6) is 0 Å². The van der Waals surface area contributed by atoms with Gasteiger partial charge in [0.25, 0.3) is 0 Å². The molecule has 156 valence electrons. The van der Waals surface area contributed by atoms with E-state index in [9.17, 15) is 17.6 Å². The van der Waals surface area contributed by atoms with Gasteiger partial charge in [-0.3, -0.25) is 0 Å². The van der Waals surface area contributed by atoms with Crippen molar-refractivity contribution < 1.29 is 22.0 Å². The Balaban J connectivity index is 1.90. The van der Waals surface area contributed by atoms with Crippen LogP contribution < -0.4 is 5.32 Å². The molecule has 29 heavy (non-hydrogen) atoms. The molecule has 0 radical (unpaired) electrons. The van der Waals surface area contributed by atoms with Crippen molar-refractivity contribution in [3.05, 3.63) is 48.0 Å². The van der Waals surface area contributed by atoms with Gasteiger partial charge in [0, 0.05) is 6.54 Å². The number of hydrogen-bond donors (Lipinski definition) is 1. The third kappa shape index (κ3) is 4.21. The minimum absolute atomic E-state index is 0.169. The van der Waals surface area contributed by atoms with Crippen molar-refractivity contribution in [3.63, 3.8) is 0 Å². The van der Waals surface area contributed by atoms with Crippen LogP contribution in [0.15, 0.2) is 41.4 Å². The zero-order valence-electron chi connectivity index (χ0n) is 16.1. The number of aromatic nitrogens is 2. The predicted octanol–water partition coefficient (Wildman–Crippen LogP) is 3.47. The number of carbonyl (C=O) groups excluding carboxylic acids is 1. The molecule has 1 fully saturated rings. The first kappa shape index (κ1) is 21.1. The number of urea groups is 1. The summed E-state index contributed by atoms with van der Waals surface area (Å²) in [5.41, 5.74) is 0.961. The molecule has 1 aromatic heterocycles. The average Bonchev–Trinajstić information content (AvgIpc) is 2.68. The van der Waals surface area contributed by atoms with Gasteiger partial charge in [0.1, 0.15) is 5.82 Å². The van der Waals surface area contributed by atoms with Crippen molar-refractivity contribution in [2.24, 2.45) is 0 Å². The number of likely N-dealkylation sites (tertiary alicyclic amines) is 1. The molecule has 2 amide bonds. The van der Waals surface area contributed by atoms with Crippen molar-refractivity contribution in [1.29, 1.82) is 0 Å². The highest BCUT2D eigenvalue weighted by Crippen LogP contribution is 2.37. The van der Waals surface area contributed by atoms with E-state index in [4.69, 9.17) is 0 Å². The van der Waals surface area contributed by atoms with Gasteiger partial charge in [0.15, 0.2) is 0 Å². The van der Waals surface area contributed by atoms with E-state index in [-0.39, 0.29) is 13.0 Å². The molecule has 2 atom stereocenters. The van der Waals surface area contributed by atoms with Gasteiger partial charge in [-0.2, -0.15) is 10.2 Å². The van der Waals surface area contributed by atoms with Crippen molar-refractivity contribution >= 4 is 21.6 Å². The van der Waals surface area contributed by atoms with Gasteiger partial charge in [-0.05, 0) is 57.4 Å². The molecule has 3 rings (SSSR count). The van der Waals surface area contributed by atoms with Crippen LogP contribution in [0, 0.1) is 12.7 Å². The number of hydrogen-bond acceptors (Lipinski definition) is 5. The quantitative estimate of drug-likeness (QED) is 0.811. The zero-order chi connectivity index (χ0) is 21.2. The van der Waals surface area contributed by atoms with E-state index in [1.165, 1.54) is 17.2 Å². The van der Waals surface area contributed by atoms with Crippen LogP contribution in [-0.2, 0) is 9.84 Å². The number of sulfone groups is 1. The number of amides is 2. The standard InChI is InChI=1S/C19H22F2N4O3S/c1-13-10-15(12-22-24-13)23-18(26)25-9-4-3-8-17(25)19(2,21)29(27,28)16-7-5-6-14(20)11-16/h5-7,10-12,17H,3-4,8-9H2,1-2H3,(H,23,24,26). The molecule has 2 unspecified atom stereocenters. The summed E-state index contributed by atoms with van der Waals surface area (Å²) < 4.78 is 55.3. The van der Waals surface area contributed by atoms with Gasteiger partial charge in [-0.15, -0.1) is 0 Å². The minimum Gasteiger partial charge on any atom is -0.317 e. The summed E-state index contributed by atoms with van der Waals surface area (Å²) in [7, 11) is -4.56. The first-order chi connectivity index (χ1) is 13.6. The molecule has 10 heteroatoms. The first-order valence-electron chi connectivity index (χ1n) is 9.19. The second-order valence-electron chi connectivity index (χ2n) is 7.17. The Labute approximate surface area is 168 Å². The van der Waals surface area contributed by atoms with Crippen LogP contribution in [-0.4, -0.2) is 47.1 Å². The first-order valence-corrected chi connectivity index (χ1v) is 10.7. The Hall–Kier alpha value is -2.62.